The lowest BCUT2D eigenvalue weighted by molar-refractivity contribution is 0.105. The van der Waals surface area contributed by atoms with Crippen LogP contribution in [0.5, 0.6) is 0 Å². The van der Waals surface area contributed by atoms with Crippen molar-refractivity contribution in [2.45, 2.75) is 65.6 Å². The minimum atomic E-state index is -0.234. The molecule has 0 unspecified atom stereocenters. The van der Waals surface area contributed by atoms with E-state index in [1.807, 2.05) is 24.3 Å². The summed E-state index contributed by atoms with van der Waals surface area (Å²) in [6.45, 7) is 10.7. The van der Waals surface area contributed by atoms with Crippen molar-refractivity contribution in [2.75, 3.05) is 18.4 Å². The summed E-state index contributed by atoms with van der Waals surface area (Å²) in [5, 5.41) is 7.33. The Labute approximate surface area is 173 Å². The molecule has 2 N–H and O–H groups in total. The fraction of sp³-hybridized carbons (Fsp3) is 0.565. The molecule has 0 bridgehead atoms. The Morgan fingerprint density at radius 1 is 1.14 bits per heavy atom. The lowest BCUT2D eigenvalue weighted by Gasteiger charge is -2.39. The Hall–Kier alpha value is -2.34. The maximum absolute atomic E-state index is 12.7. The standard InChI is InChI=1S/C23H34N4O2/c1-16(2)14-26-15-21(19-10-5-6-11-20(19)22(26)28)25-23(29)24-12-13-27-17(3)8-7-9-18(27)4/h5-6,10-11,15-18H,7-9,12-14H2,1-4H3,(H2,24,25,29)/t17-,18+. The summed E-state index contributed by atoms with van der Waals surface area (Å²) in [5.41, 5.74) is 0.645. The quantitative estimate of drug-likeness (QED) is 0.772. The van der Waals surface area contributed by atoms with Gasteiger partial charge in [0.05, 0.1) is 5.69 Å². The lowest BCUT2D eigenvalue weighted by atomic mass is 9.98. The van der Waals surface area contributed by atoms with Crippen LogP contribution in [0.2, 0.25) is 0 Å². The van der Waals surface area contributed by atoms with Gasteiger partial charge >= 0.3 is 6.03 Å². The molecule has 0 spiro atoms. The van der Waals surface area contributed by atoms with Crippen LogP contribution < -0.4 is 16.2 Å². The number of pyridine rings is 1. The van der Waals surface area contributed by atoms with E-state index in [1.165, 1.54) is 19.3 Å². The fourth-order valence-corrected chi connectivity index (χ4v) is 4.35. The summed E-state index contributed by atoms with van der Waals surface area (Å²) < 4.78 is 1.69. The van der Waals surface area contributed by atoms with Crippen molar-refractivity contribution in [3.05, 3.63) is 40.8 Å². The number of fused-ring (bicyclic) bond motifs is 1. The number of rotatable bonds is 6. The van der Waals surface area contributed by atoms with Crippen LogP contribution in [0.3, 0.4) is 0 Å². The Morgan fingerprint density at radius 2 is 1.79 bits per heavy atom. The number of carbonyl (C=O) groups excluding carboxylic acids is 1. The molecule has 0 aliphatic carbocycles. The Bertz CT molecular complexity index is 895. The van der Waals surface area contributed by atoms with Gasteiger partial charge in [0.25, 0.3) is 5.56 Å². The van der Waals surface area contributed by atoms with Crippen LogP contribution in [0, 0.1) is 5.92 Å². The Morgan fingerprint density at radius 3 is 2.45 bits per heavy atom. The molecule has 1 fully saturated rings. The number of piperidine rings is 1. The maximum atomic E-state index is 12.7. The van der Waals surface area contributed by atoms with Gasteiger partial charge in [0.1, 0.15) is 0 Å². The molecule has 2 heterocycles. The third-order valence-electron chi connectivity index (χ3n) is 5.84. The van der Waals surface area contributed by atoms with Crippen molar-refractivity contribution < 1.29 is 4.79 Å². The molecule has 6 heteroatoms. The zero-order chi connectivity index (χ0) is 21.0. The molecule has 0 saturated carbocycles. The minimum Gasteiger partial charge on any atom is -0.337 e. The van der Waals surface area contributed by atoms with Gasteiger partial charge in [0.2, 0.25) is 0 Å². The summed E-state index contributed by atoms with van der Waals surface area (Å²) in [6.07, 6.45) is 5.49. The van der Waals surface area contributed by atoms with Crippen molar-refractivity contribution in [3.63, 3.8) is 0 Å². The highest BCUT2D eigenvalue weighted by atomic mass is 16.2. The van der Waals surface area contributed by atoms with Gasteiger partial charge < -0.3 is 15.2 Å². The van der Waals surface area contributed by atoms with E-state index in [0.717, 1.165) is 11.9 Å². The first-order valence-corrected chi connectivity index (χ1v) is 10.8. The predicted molar refractivity (Wildman–Crippen MR) is 120 cm³/mol. The first-order valence-electron chi connectivity index (χ1n) is 10.8. The molecule has 0 radical (unpaired) electrons. The van der Waals surface area contributed by atoms with Gasteiger partial charge in [-0.05, 0) is 38.7 Å². The van der Waals surface area contributed by atoms with Crippen LogP contribution in [0.15, 0.2) is 35.3 Å². The average Bonchev–Trinajstić information content (AvgIpc) is 2.67. The predicted octanol–water partition coefficient (Wildman–Crippen LogP) is 4.04. The molecule has 2 aromatic rings. The third-order valence-corrected chi connectivity index (χ3v) is 5.84. The van der Waals surface area contributed by atoms with Crippen LogP contribution in [0.4, 0.5) is 10.5 Å². The van der Waals surface area contributed by atoms with Crippen molar-refractivity contribution in [2.24, 2.45) is 5.92 Å². The van der Waals surface area contributed by atoms with Crippen molar-refractivity contribution in [1.82, 2.24) is 14.8 Å². The molecule has 1 aliphatic rings. The first kappa shape index (κ1) is 21.4. The first-order chi connectivity index (χ1) is 13.9. The Kier molecular flexibility index (Phi) is 6.96. The second kappa shape index (κ2) is 9.44. The van der Waals surface area contributed by atoms with Crippen molar-refractivity contribution >= 4 is 22.5 Å². The van der Waals surface area contributed by atoms with E-state index in [4.69, 9.17) is 0 Å². The number of carbonyl (C=O) groups is 1. The molecule has 1 aromatic carbocycles. The molecule has 2 atom stereocenters. The zero-order valence-corrected chi connectivity index (χ0v) is 18.1. The van der Waals surface area contributed by atoms with Crippen LogP contribution in [-0.4, -0.2) is 40.7 Å². The summed E-state index contributed by atoms with van der Waals surface area (Å²) in [7, 11) is 0. The van der Waals surface area contributed by atoms with Crippen LogP contribution in [0.1, 0.15) is 47.0 Å². The van der Waals surface area contributed by atoms with E-state index in [9.17, 15) is 9.59 Å². The zero-order valence-electron chi connectivity index (χ0n) is 18.1. The van der Waals surface area contributed by atoms with Crippen molar-refractivity contribution in [3.8, 4) is 0 Å². The van der Waals surface area contributed by atoms with Gasteiger partial charge in [-0.25, -0.2) is 4.79 Å². The second-order valence-corrected chi connectivity index (χ2v) is 8.69. The number of hydrogen-bond acceptors (Lipinski definition) is 3. The van der Waals surface area contributed by atoms with Gasteiger partial charge in [0, 0.05) is 48.7 Å². The van der Waals surface area contributed by atoms with E-state index in [1.54, 1.807) is 10.8 Å². The van der Waals surface area contributed by atoms with E-state index in [0.29, 0.717) is 42.2 Å². The highest BCUT2D eigenvalue weighted by Gasteiger charge is 2.24. The molecule has 3 rings (SSSR count). The highest BCUT2D eigenvalue weighted by Crippen LogP contribution is 2.22. The molecule has 2 amide bonds. The summed E-state index contributed by atoms with van der Waals surface area (Å²) in [6, 6.07) is 8.33. The molecule has 158 valence electrons. The molecular weight excluding hydrogens is 364 g/mol. The number of nitrogens with zero attached hydrogens (tertiary/aromatic N) is 2. The molecule has 1 aliphatic heterocycles. The number of benzene rings is 1. The third kappa shape index (κ3) is 5.18. The summed E-state index contributed by atoms with van der Waals surface area (Å²) in [4.78, 5) is 27.8. The molecule has 6 nitrogen and oxygen atoms in total. The second-order valence-electron chi connectivity index (χ2n) is 8.69. The fourth-order valence-electron chi connectivity index (χ4n) is 4.35. The largest absolute Gasteiger partial charge is 0.337 e. The summed E-state index contributed by atoms with van der Waals surface area (Å²) in [5.74, 6) is 0.337. The number of urea groups is 1. The van der Waals surface area contributed by atoms with Gasteiger partial charge in [-0.1, -0.05) is 38.5 Å². The number of amides is 2. The number of likely N-dealkylation sites (tertiary alicyclic amines) is 1. The number of hydrogen-bond donors (Lipinski definition) is 2. The van der Waals surface area contributed by atoms with E-state index < -0.39 is 0 Å². The SMILES string of the molecule is CC(C)Cn1cc(NC(=O)NCCN2[C@H](C)CCC[C@@H]2C)c2ccccc2c1=O. The van der Waals surface area contributed by atoms with Crippen LogP contribution >= 0.6 is 0 Å². The monoisotopic (exact) mass is 398 g/mol. The van der Waals surface area contributed by atoms with Gasteiger partial charge in [-0.2, -0.15) is 0 Å². The Balaban J connectivity index is 1.69. The van der Waals surface area contributed by atoms with Gasteiger partial charge in [0.15, 0.2) is 0 Å². The van der Waals surface area contributed by atoms with E-state index >= 15 is 0 Å². The molecule has 29 heavy (non-hydrogen) atoms. The normalized spacial score (nSPS) is 20.2. The van der Waals surface area contributed by atoms with Crippen LogP contribution in [0.25, 0.3) is 10.8 Å². The minimum absolute atomic E-state index is 0.0201. The van der Waals surface area contributed by atoms with Gasteiger partial charge in [-0.15, -0.1) is 0 Å². The molecule has 1 aromatic heterocycles. The average molecular weight is 399 g/mol. The maximum Gasteiger partial charge on any atom is 0.319 e. The number of nitrogens with one attached hydrogen (secondary N) is 2. The molecular formula is C23H34N4O2. The number of anilines is 1. The van der Waals surface area contributed by atoms with Crippen LogP contribution in [-0.2, 0) is 6.54 Å². The lowest BCUT2D eigenvalue weighted by Crippen LogP contribution is -2.47. The molecule has 1 saturated heterocycles. The smallest absolute Gasteiger partial charge is 0.319 e. The van der Waals surface area contributed by atoms with E-state index in [2.05, 4.69) is 43.2 Å². The number of aromatic nitrogens is 1. The van der Waals surface area contributed by atoms with E-state index in [-0.39, 0.29) is 11.6 Å². The van der Waals surface area contributed by atoms with Crippen molar-refractivity contribution in [1.29, 1.82) is 0 Å². The van der Waals surface area contributed by atoms with Gasteiger partial charge in [-0.3, -0.25) is 9.69 Å². The highest BCUT2D eigenvalue weighted by molar-refractivity contribution is 6.00. The summed E-state index contributed by atoms with van der Waals surface area (Å²) >= 11 is 0. The topological polar surface area (TPSA) is 66.4 Å².